The highest BCUT2D eigenvalue weighted by Crippen LogP contribution is 2.33. The van der Waals surface area contributed by atoms with Crippen LogP contribution in [-0.4, -0.2) is 77.9 Å². The van der Waals surface area contributed by atoms with E-state index in [-0.39, 0.29) is 41.5 Å². The zero-order valence-corrected chi connectivity index (χ0v) is 25.7. The molecule has 43 heavy (non-hydrogen) atoms. The first kappa shape index (κ1) is 31.0. The third-order valence-corrected chi connectivity index (χ3v) is 9.30. The minimum absolute atomic E-state index is 0.0644. The first-order chi connectivity index (χ1) is 20.8. The van der Waals surface area contributed by atoms with Crippen molar-refractivity contribution >= 4 is 17.7 Å². The van der Waals surface area contributed by atoms with Crippen molar-refractivity contribution in [2.75, 3.05) is 39.3 Å². The van der Waals surface area contributed by atoms with Gasteiger partial charge in [-0.3, -0.25) is 19.3 Å². The maximum atomic E-state index is 13.8. The van der Waals surface area contributed by atoms with Gasteiger partial charge >= 0.3 is 0 Å². The molecule has 1 aromatic carbocycles. The van der Waals surface area contributed by atoms with Crippen molar-refractivity contribution in [3.8, 4) is 5.88 Å². The number of ether oxygens (including phenoxy) is 1. The van der Waals surface area contributed by atoms with E-state index in [4.69, 9.17) is 4.74 Å². The molecule has 2 aromatic rings. The highest BCUT2D eigenvalue weighted by Gasteiger charge is 2.36. The van der Waals surface area contributed by atoms with Crippen LogP contribution in [0, 0.1) is 23.7 Å². The van der Waals surface area contributed by atoms with Gasteiger partial charge in [-0.1, -0.05) is 36.4 Å². The smallest absolute Gasteiger partial charge is 0.270 e. The second-order valence-electron chi connectivity index (χ2n) is 12.9. The molecule has 1 aromatic heterocycles. The highest BCUT2D eigenvalue weighted by molar-refractivity contribution is 5.92. The van der Waals surface area contributed by atoms with Crippen molar-refractivity contribution in [1.29, 1.82) is 0 Å². The van der Waals surface area contributed by atoms with Gasteiger partial charge in [-0.2, -0.15) is 0 Å². The van der Waals surface area contributed by atoms with Gasteiger partial charge in [0.05, 0.1) is 6.61 Å². The van der Waals surface area contributed by atoms with E-state index in [1.54, 1.807) is 18.2 Å². The van der Waals surface area contributed by atoms with E-state index < -0.39 is 0 Å². The number of likely N-dealkylation sites (tertiary alicyclic amines) is 1. The van der Waals surface area contributed by atoms with E-state index in [1.165, 1.54) is 5.56 Å². The number of carbonyl (C=O) groups excluding carboxylic acids is 3. The molecule has 4 atom stereocenters. The monoisotopic (exact) mass is 589 g/mol. The normalized spacial score (nSPS) is 25.7. The molecule has 3 aliphatic rings. The maximum absolute atomic E-state index is 13.8. The van der Waals surface area contributed by atoms with Gasteiger partial charge in [-0.05, 0) is 81.4 Å². The second kappa shape index (κ2) is 14.8. The van der Waals surface area contributed by atoms with Crippen molar-refractivity contribution in [3.63, 3.8) is 0 Å². The summed E-state index contributed by atoms with van der Waals surface area (Å²) < 4.78 is 5.99. The number of hydrogen-bond donors (Lipinski definition) is 2. The Bertz CT molecular complexity index is 1240. The van der Waals surface area contributed by atoms with Crippen LogP contribution in [0.1, 0.15) is 68.4 Å². The molecule has 0 radical (unpaired) electrons. The molecule has 232 valence electrons. The molecule has 0 saturated carbocycles. The Labute approximate surface area is 255 Å². The predicted octanol–water partition coefficient (Wildman–Crippen LogP) is 3.89. The quantitative estimate of drug-likeness (QED) is 0.549. The van der Waals surface area contributed by atoms with E-state index in [2.05, 4.69) is 44.8 Å². The van der Waals surface area contributed by atoms with Gasteiger partial charge < -0.3 is 20.3 Å². The molecule has 2 N–H and O–H groups in total. The number of nitrogens with zero attached hydrogens (tertiary/aromatic N) is 3. The van der Waals surface area contributed by atoms with Crippen molar-refractivity contribution < 1.29 is 19.1 Å². The number of nitrogens with one attached hydrogen (secondary N) is 2. The van der Waals surface area contributed by atoms with Crippen molar-refractivity contribution in [2.24, 2.45) is 23.7 Å². The van der Waals surface area contributed by atoms with E-state index in [9.17, 15) is 14.4 Å². The zero-order valence-electron chi connectivity index (χ0n) is 25.7. The number of piperidine rings is 2. The summed E-state index contributed by atoms with van der Waals surface area (Å²) >= 11 is 0. The molecule has 2 fully saturated rings. The van der Waals surface area contributed by atoms with Crippen LogP contribution in [0.25, 0.3) is 0 Å². The molecule has 0 unspecified atom stereocenters. The highest BCUT2D eigenvalue weighted by atomic mass is 16.5. The molecular weight excluding hydrogens is 542 g/mol. The molecule has 3 amide bonds. The number of benzene rings is 1. The van der Waals surface area contributed by atoms with Crippen molar-refractivity contribution in [3.05, 3.63) is 59.8 Å². The number of rotatable bonds is 5. The summed E-state index contributed by atoms with van der Waals surface area (Å²) in [7, 11) is 0. The maximum Gasteiger partial charge on any atom is 0.270 e. The Balaban J connectivity index is 1.32. The van der Waals surface area contributed by atoms with Crippen LogP contribution in [0.3, 0.4) is 0 Å². The Morgan fingerprint density at radius 2 is 1.81 bits per heavy atom. The molecule has 9 heteroatoms. The van der Waals surface area contributed by atoms with Crippen LogP contribution in [0.5, 0.6) is 5.88 Å². The van der Waals surface area contributed by atoms with Gasteiger partial charge in [-0.15, -0.1) is 0 Å². The van der Waals surface area contributed by atoms with Crippen LogP contribution < -0.4 is 15.4 Å². The van der Waals surface area contributed by atoms with Crippen LogP contribution in [-0.2, 0) is 16.1 Å². The number of pyridine rings is 1. The molecular formula is C34H47N5O4. The molecule has 4 bridgehead atoms. The summed E-state index contributed by atoms with van der Waals surface area (Å²) in [6, 6.07) is 15.9. The third-order valence-electron chi connectivity index (χ3n) is 9.30. The van der Waals surface area contributed by atoms with Crippen LogP contribution in [0.2, 0.25) is 0 Å². The largest absolute Gasteiger partial charge is 0.478 e. The molecule has 4 heterocycles. The molecule has 0 spiro atoms. The third kappa shape index (κ3) is 8.78. The van der Waals surface area contributed by atoms with Gasteiger partial charge in [0.25, 0.3) is 5.91 Å². The number of amides is 3. The summed E-state index contributed by atoms with van der Waals surface area (Å²) in [5.74, 6) is 1.39. The first-order valence-electron chi connectivity index (χ1n) is 16.1. The topological polar surface area (TPSA) is 104 Å². The number of carbonyl (C=O) groups is 3. The molecule has 2 saturated heterocycles. The lowest BCUT2D eigenvalue weighted by molar-refractivity contribution is -0.136. The van der Waals surface area contributed by atoms with Crippen LogP contribution >= 0.6 is 0 Å². The van der Waals surface area contributed by atoms with Crippen LogP contribution in [0.15, 0.2) is 48.5 Å². The SMILES string of the molecule is CC(C)NC(=O)C[C@@H]1CCN2C[C@@H]1CCOc1cccc(n1)C(=O)NCC[C@H]1CN(Cc3ccccc3)CC[C@H]1CC2=O. The van der Waals surface area contributed by atoms with E-state index >= 15 is 0 Å². The molecule has 3 aliphatic heterocycles. The Kier molecular flexibility index (Phi) is 10.7. The lowest BCUT2D eigenvalue weighted by Crippen LogP contribution is -2.47. The molecule has 5 rings (SSSR count). The predicted molar refractivity (Wildman–Crippen MR) is 165 cm³/mol. The lowest BCUT2D eigenvalue weighted by Gasteiger charge is -2.41. The van der Waals surface area contributed by atoms with Gasteiger partial charge in [0.2, 0.25) is 17.7 Å². The minimum atomic E-state index is -0.211. The summed E-state index contributed by atoms with van der Waals surface area (Å²) in [6.07, 6.45) is 4.28. The number of aromatic nitrogens is 1. The van der Waals surface area contributed by atoms with Gasteiger partial charge in [0.15, 0.2) is 0 Å². The minimum Gasteiger partial charge on any atom is -0.478 e. The van der Waals surface area contributed by atoms with Crippen molar-refractivity contribution in [1.82, 2.24) is 25.4 Å². The lowest BCUT2D eigenvalue weighted by atomic mass is 9.79. The Hall–Kier alpha value is -3.46. The number of fused-ring (bicyclic) bond motifs is 5. The van der Waals surface area contributed by atoms with E-state index in [1.807, 2.05) is 24.8 Å². The summed E-state index contributed by atoms with van der Waals surface area (Å²) in [5, 5.41) is 6.09. The standard InChI is InChI=1S/C34H47N5O4/c1-24(2)36-31(40)19-26-13-17-39-23-29(26)14-18-43-32-10-6-9-30(37-32)34(42)35-15-11-28-22-38(16-12-27(28)20-33(39)41)21-25-7-4-3-5-8-25/h3-10,24,26-29H,11-23H2,1-2H3,(H,35,42)(H,36,40)/t26-,27-,28-,29-/m0/s1. The Morgan fingerprint density at radius 3 is 2.63 bits per heavy atom. The van der Waals surface area contributed by atoms with Crippen molar-refractivity contribution in [2.45, 2.75) is 65.0 Å². The summed E-state index contributed by atoms with van der Waals surface area (Å²) in [6.45, 7) is 8.98. The average molecular weight is 590 g/mol. The fraction of sp³-hybridized carbons (Fsp3) is 0.588. The summed E-state index contributed by atoms with van der Waals surface area (Å²) in [4.78, 5) is 48.4. The average Bonchev–Trinajstić information content (AvgIpc) is 2.99. The van der Waals surface area contributed by atoms with Gasteiger partial charge in [0.1, 0.15) is 5.69 Å². The molecule has 0 aliphatic carbocycles. The zero-order chi connectivity index (χ0) is 30.2. The molecule has 9 nitrogen and oxygen atoms in total. The fourth-order valence-electron chi connectivity index (χ4n) is 7.01. The van der Waals surface area contributed by atoms with Gasteiger partial charge in [-0.25, -0.2) is 4.98 Å². The second-order valence-corrected chi connectivity index (χ2v) is 12.9. The van der Waals surface area contributed by atoms with E-state index in [0.717, 1.165) is 38.9 Å². The summed E-state index contributed by atoms with van der Waals surface area (Å²) in [5.41, 5.74) is 1.63. The van der Waals surface area contributed by atoms with Crippen LogP contribution in [0.4, 0.5) is 0 Å². The first-order valence-corrected chi connectivity index (χ1v) is 16.1. The fourth-order valence-corrected chi connectivity index (χ4v) is 7.01. The van der Waals surface area contributed by atoms with Gasteiger partial charge in [0, 0.05) is 57.7 Å². The Morgan fingerprint density at radius 1 is 0.977 bits per heavy atom. The number of hydrogen-bond acceptors (Lipinski definition) is 6. The van der Waals surface area contributed by atoms with E-state index in [0.29, 0.717) is 63.0 Å².